The molecule has 9 heteroatoms. The molecular formula is C10H17N3O5S. The van der Waals surface area contributed by atoms with Crippen LogP contribution in [0.25, 0.3) is 0 Å². The van der Waals surface area contributed by atoms with Crippen LogP contribution in [0, 0.1) is 6.92 Å². The molecule has 108 valence electrons. The molecule has 19 heavy (non-hydrogen) atoms. The van der Waals surface area contributed by atoms with Gasteiger partial charge in [-0.2, -0.15) is 4.72 Å². The zero-order valence-corrected chi connectivity index (χ0v) is 11.8. The average molecular weight is 291 g/mol. The van der Waals surface area contributed by atoms with Crippen molar-refractivity contribution in [2.75, 3.05) is 13.7 Å². The van der Waals surface area contributed by atoms with Gasteiger partial charge in [-0.25, -0.2) is 13.4 Å². The van der Waals surface area contributed by atoms with Crippen molar-refractivity contribution in [3.8, 4) is 0 Å². The third-order valence-corrected chi connectivity index (χ3v) is 3.91. The number of hydrogen-bond donors (Lipinski definition) is 2. The van der Waals surface area contributed by atoms with Gasteiger partial charge in [0.1, 0.15) is 11.9 Å². The first-order valence-corrected chi connectivity index (χ1v) is 7.00. The summed E-state index contributed by atoms with van der Waals surface area (Å²) in [6.45, 7) is 1.79. The highest BCUT2D eigenvalue weighted by Gasteiger charge is 2.27. The second kappa shape index (κ2) is 6.13. The predicted octanol–water partition coefficient (Wildman–Crippen LogP) is -0.503. The Balaban J connectivity index is 2.90. The van der Waals surface area contributed by atoms with E-state index in [2.05, 4.69) is 9.71 Å². The molecule has 0 saturated carbocycles. The Labute approximate surface area is 111 Å². The van der Waals surface area contributed by atoms with Gasteiger partial charge in [0.2, 0.25) is 0 Å². The summed E-state index contributed by atoms with van der Waals surface area (Å²) in [7, 11) is -0.889. The number of nitrogens with one attached hydrogen (secondary N) is 1. The van der Waals surface area contributed by atoms with Crippen molar-refractivity contribution < 1.29 is 23.1 Å². The quantitative estimate of drug-likeness (QED) is 0.700. The standard InChI is InChI=1S/C10H17N3O5S/c1-7-11-9(6-13(7)2)19(16,17)12-8(10(14)15)4-5-18-3/h6,8,12H,4-5H2,1-3H3,(H,14,15). The molecule has 0 aliphatic carbocycles. The van der Waals surface area contributed by atoms with Gasteiger partial charge in [-0.05, 0) is 13.3 Å². The van der Waals surface area contributed by atoms with Gasteiger partial charge in [0.15, 0.2) is 5.03 Å². The fraction of sp³-hybridized carbons (Fsp3) is 0.600. The summed E-state index contributed by atoms with van der Waals surface area (Å²) in [6, 6.07) is -1.24. The minimum Gasteiger partial charge on any atom is -0.480 e. The van der Waals surface area contributed by atoms with Gasteiger partial charge in [-0.3, -0.25) is 4.79 Å². The Morgan fingerprint density at radius 3 is 2.68 bits per heavy atom. The number of ether oxygens (including phenoxy) is 1. The van der Waals surface area contributed by atoms with Crippen LogP contribution in [-0.4, -0.2) is 48.8 Å². The highest BCUT2D eigenvalue weighted by molar-refractivity contribution is 7.89. The molecule has 1 aromatic rings. The number of aliphatic carboxylic acids is 1. The number of carboxylic acids is 1. The maximum Gasteiger partial charge on any atom is 0.321 e. The summed E-state index contributed by atoms with van der Waals surface area (Å²) < 4.78 is 32.4. The molecule has 8 nitrogen and oxygen atoms in total. The highest BCUT2D eigenvalue weighted by atomic mass is 32.2. The zero-order valence-electron chi connectivity index (χ0n) is 11.0. The van der Waals surface area contributed by atoms with Crippen LogP contribution in [0.3, 0.4) is 0 Å². The van der Waals surface area contributed by atoms with Crippen LogP contribution in [0.5, 0.6) is 0 Å². The van der Waals surface area contributed by atoms with Crippen molar-refractivity contribution in [2.45, 2.75) is 24.4 Å². The maximum atomic E-state index is 12.0. The smallest absolute Gasteiger partial charge is 0.321 e. The minimum absolute atomic E-state index is 0.0386. The van der Waals surface area contributed by atoms with Crippen molar-refractivity contribution in [1.82, 2.24) is 14.3 Å². The summed E-state index contributed by atoms with van der Waals surface area (Å²) >= 11 is 0. The van der Waals surface area contributed by atoms with Crippen molar-refractivity contribution in [3.63, 3.8) is 0 Å². The lowest BCUT2D eigenvalue weighted by molar-refractivity contribution is -0.139. The molecule has 2 N–H and O–H groups in total. The molecule has 0 aromatic carbocycles. The molecule has 1 rings (SSSR count). The van der Waals surface area contributed by atoms with E-state index in [1.165, 1.54) is 13.3 Å². The Hall–Kier alpha value is -1.45. The van der Waals surface area contributed by atoms with E-state index in [1.54, 1.807) is 18.5 Å². The first kappa shape index (κ1) is 15.6. The number of rotatable bonds is 7. The van der Waals surface area contributed by atoms with E-state index in [4.69, 9.17) is 9.84 Å². The first-order valence-electron chi connectivity index (χ1n) is 5.52. The molecule has 0 spiro atoms. The van der Waals surface area contributed by atoms with E-state index in [0.717, 1.165) is 0 Å². The number of aryl methyl sites for hydroxylation is 2. The summed E-state index contributed by atoms with van der Waals surface area (Å²) in [5, 5.41) is 8.76. The molecule has 1 aromatic heterocycles. The van der Waals surface area contributed by atoms with E-state index in [-0.39, 0.29) is 18.1 Å². The second-order valence-corrected chi connectivity index (χ2v) is 5.69. The topological polar surface area (TPSA) is 111 Å². The Kier molecular flexibility index (Phi) is 5.04. The zero-order chi connectivity index (χ0) is 14.6. The molecule has 0 saturated heterocycles. The number of carboxylic acid groups (broad SMARTS) is 1. The molecule has 0 aliphatic heterocycles. The van der Waals surface area contributed by atoms with Crippen molar-refractivity contribution >= 4 is 16.0 Å². The summed E-state index contributed by atoms with van der Waals surface area (Å²) in [6.07, 6.45) is 1.36. The molecule has 0 bridgehead atoms. The summed E-state index contributed by atoms with van der Waals surface area (Å²) in [4.78, 5) is 14.8. The number of sulfonamides is 1. The van der Waals surface area contributed by atoms with E-state index in [9.17, 15) is 13.2 Å². The van der Waals surface area contributed by atoms with Crippen LogP contribution in [0.1, 0.15) is 12.2 Å². The van der Waals surface area contributed by atoms with E-state index < -0.39 is 22.0 Å². The molecule has 0 aliphatic rings. The Morgan fingerprint density at radius 1 is 1.63 bits per heavy atom. The third-order valence-electron chi connectivity index (χ3n) is 2.57. The molecule has 1 unspecified atom stereocenters. The van der Waals surface area contributed by atoms with Crippen LogP contribution in [-0.2, 0) is 26.6 Å². The molecule has 0 fully saturated rings. The summed E-state index contributed by atoms with van der Waals surface area (Å²) in [5.74, 6) is -0.739. The fourth-order valence-electron chi connectivity index (χ4n) is 1.37. The molecule has 1 heterocycles. The van der Waals surface area contributed by atoms with Crippen LogP contribution in [0.15, 0.2) is 11.2 Å². The van der Waals surface area contributed by atoms with Crippen LogP contribution >= 0.6 is 0 Å². The van der Waals surface area contributed by atoms with Crippen LogP contribution in [0.2, 0.25) is 0 Å². The van der Waals surface area contributed by atoms with Gasteiger partial charge in [0, 0.05) is 27.0 Å². The number of aromatic nitrogens is 2. The molecular weight excluding hydrogens is 274 g/mol. The minimum atomic E-state index is -3.95. The largest absolute Gasteiger partial charge is 0.480 e. The molecule has 0 amide bonds. The number of nitrogens with zero attached hydrogens (tertiary/aromatic N) is 2. The highest BCUT2D eigenvalue weighted by Crippen LogP contribution is 2.09. The monoisotopic (exact) mass is 291 g/mol. The van der Waals surface area contributed by atoms with E-state index >= 15 is 0 Å². The van der Waals surface area contributed by atoms with Gasteiger partial charge >= 0.3 is 5.97 Å². The second-order valence-electron chi connectivity index (χ2n) is 4.03. The summed E-state index contributed by atoms with van der Waals surface area (Å²) in [5.41, 5.74) is 0. The van der Waals surface area contributed by atoms with Crippen LogP contribution < -0.4 is 4.72 Å². The fourth-order valence-corrected chi connectivity index (χ4v) is 2.64. The van der Waals surface area contributed by atoms with Gasteiger partial charge in [-0.1, -0.05) is 0 Å². The average Bonchev–Trinajstić information content (AvgIpc) is 2.65. The lowest BCUT2D eigenvalue weighted by Gasteiger charge is -2.12. The maximum absolute atomic E-state index is 12.0. The molecule has 1 atom stereocenters. The Morgan fingerprint density at radius 2 is 2.26 bits per heavy atom. The van der Waals surface area contributed by atoms with Gasteiger partial charge < -0.3 is 14.4 Å². The number of imidazole rings is 1. The lowest BCUT2D eigenvalue weighted by atomic mass is 10.2. The third kappa shape index (κ3) is 4.01. The van der Waals surface area contributed by atoms with Crippen molar-refractivity contribution in [1.29, 1.82) is 0 Å². The van der Waals surface area contributed by atoms with Crippen LogP contribution in [0.4, 0.5) is 0 Å². The lowest BCUT2D eigenvalue weighted by Crippen LogP contribution is -2.41. The SMILES string of the molecule is COCCC(NS(=O)(=O)c1cn(C)c(C)n1)C(=O)O. The van der Waals surface area contributed by atoms with Crippen molar-refractivity contribution in [2.24, 2.45) is 7.05 Å². The van der Waals surface area contributed by atoms with E-state index in [0.29, 0.717) is 5.82 Å². The Bertz CT molecular complexity index is 532. The van der Waals surface area contributed by atoms with Gasteiger partial charge in [0.25, 0.3) is 10.0 Å². The normalized spacial score (nSPS) is 13.4. The van der Waals surface area contributed by atoms with Crippen molar-refractivity contribution in [3.05, 3.63) is 12.0 Å². The number of carbonyl (C=O) groups is 1. The van der Waals surface area contributed by atoms with E-state index in [1.807, 2.05) is 0 Å². The van der Waals surface area contributed by atoms with Gasteiger partial charge in [0.05, 0.1) is 0 Å². The number of methoxy groups -OCH3 is 1. The number of hydrogen-bond acceptors (Lipinski definition) is 5. The first-order chi connectivity index (χ1) is 8.77. The predicted molar refractivity (Wildman–Crippen MR) is 66.2 cm³/mol. The van der Waals surface area contributed by atoms with Gasteiger partial charge in [-0.15, -0.1) is 0 Å². The molecule has 0 radical (unpaired) electrons.